The first kappa shape index (κ1) is 14.4. The molecule has 3 aromatic rings. The molecule has 2 heterocycles. The van der Waals surface area contributed by atoms with E-state index in [9.17, 15) is 0 Å². The van der Waals surface area contributed by atoms with Crippen LogP contribution in [0.25, 0.3) is 11.4 Å². The fraction of sp³-hybridized carbons (Fsp3) is 0.400. The predicted octanol–water partition coefficient (Wildman–Crippen LogP) is 3.05. The molecular formula is C15H16N6OS. The Labute approximate surface area is 137 Å². The van der Waals surface area contributed by atoms with Crippen LogP contribution in [0.4, 0.5) is 0 Å². The molecule has 1 saturated carbocycles. The van der Waals surface area contributed by atoms with E-state index in [1.54, 1.807) is 11.8 Å². The Hall–Kier alpha value is -2.22. The SMILES string of the molecule is C[C@@H](SCc1nnnn1C1CC1)c1nc(-c2ccccc2)no1. The Morgan fingerprint density at radius 1 is 1.30 bits per heavy atom. The van der Waals surface area contributed by atoms with Gasteiger partial charge in [0, 0.05) is 5.56 Å². The van der Waals surface area contributed by atoms with E-state index in [0.29, 0.717) is 17.8 Å². The molecule has 23 heavy (non-hydrogen) atoms. The van der Waals surface area contributed by atoms with Crippen LogP contribution in [0.2, 0.25) is 0 Å². The molecule has 1 atom stereocenters. The van der Waals surface area contributed by atoms with E-state index in [-0.39, 0.29) is 5.25 Å². The summed E-state index contributed by atoms with van der Waals surface area (Å²) in [7, 11) is 0. The Kier molecular flexibility index (Phi) is 3.82. The van der Waals surface area contributed by atoms with Crippen molar-refractivity contribution in [3.8, 4) is 11.4 Å². The van der Waals surface area contributed by atoms with Crippen LogP contribution in [0.15, 0.2) is 34.9 Å². The van der Waals surface area contributed by atoms with Gasteiger partial charge in [0.15, 0.2) is 5.82 Å². The summed E-state index contributed by atoms with van der Waals surface area (Å²) in [5.41, 5.74) is 0.956. The molecule has 8 heteroatoms. The molecule has 0 unspecified atom stereocenters. The third-order valence-corrected chi connectivity index (χ3v) is 4.86. The van der Waals surface area contributed by atoms with Crippen LogP contribution in [-0.4, -0.2) is 30.3 Å². The summed E-state index contributed by atoms with van der Waals surface area (Å²) in [5.74, 6) is 2.88. The van der Waals surface area contributed by atoms with Gasteiger partial charge in [0.2, 0.25) is 11.7 Å². The standard InChI is InChI=1S/C15H16N6OS/c1-10(23-9-13-17-19-20-21(13)12-7-8-12)15-16-14(18-22-15)11-5-3-2-4-6-11/h2-6,10,12H,7-9H2,1H3/t10-/m1/s1. The molecule has 0 aliphatic heterocycles. The average Bonchev–Trinajstić information content (AvgIpc) is 3.13. The second kappa shape index (κ2) is 6.11. The van der Waals surface area contributed by atoms with E-state index in [0.717, 1.165) is 17.1 Å². The Morgan fingerprint density at radius 2 is 2.13 bits per heavy atom. The van der Waals surface area contributed by atoms with E-state index in [1.165, 1.54) is 12.8 Å². The van der Waals surface area contributed by atoms with Crippen molar-refractivity contribution >= 4 is 11.8 Å². The van der Waals surface area contributed by atoms with Gasteiger partial charge in [0.05, 0.1) is 17.0 Å². The van der Waals surface area contributed by atoms with Crippen LogP contribution < -0.4 is 0 Å². The molecule has 1 fully saturated rings. The topological polar surface area (TPSA) is 82.5 Å². The average molecular weight is 328 g/mol. The van der Waals surface area contributed by atoms with Crippen LogP contribution in [0.1, 0.15) is 42.8 Å². The first-order valence-corrected chi connectivity index (χ1v) is 8.63. The number of thioether (sulfide) groups is 1. The van der Waals surface area contributed by atoms with Gasteiger partial charge in [-0.1, -0.05) is 35.5 Å². The zero-order valence-electron chi connectivity index (χ0n) is 12.7. The summed E-state index contributed by atoms with van der Waals surface area (Å²) >= 11 is 1.70. The zero-order chi connectivity index (χ0) is 15.6. The highest BCUT2D eigenvalue weighted by Gasteiger charge is 2.28. The summed E-state index contributed by atoms with van der Waals surface area (Å²) in [6.45, 7) is 2.05. The number of nitrogens with zero attached hydrogens (tertiary/aromatic N) is 6. The van der Waals surface area contributed by atoms with Crippen molar-refractivity contribution in [3.63, 3.8) is 0 Å². The first-order chi connectivity index (χ1) is 11.3. The van der Waals surface area contributed by atoms with Crippen LogP contribution in [-0.2, 0) is 5.75 Å². The summed E-state index contributed by atoms with van der Waals surface area (Å²) in [6, 6.07) is 10.3. The Balaban J connectivity index is 1.42. The molecule has 4 rings (SSSR count). The molecule has 1 aliphatic rings. The van der Waals surface area contributed by atoms with Gasteiger partial charge >= 0.3 is 0 Å². The monoisotopic (exact) mass is 328 g/mol. The highest BCUT2D eigenvalue weighted by Crippen LogP contribution is 2.36. The fourth-order valence-corrected chi connectivity index (χ4v) is 3.11. The minimum absolute atomic E-state index is 0.0873. The predicted molar refractivity (Wildman–Crippen MR) is 85.5 cm³/mol. The van der Waals surface area contributed by atoms with Crippen molar-refractivity contribution < 1.29 is 4.52 Å². The molecule has 0 bridgehead atoms. The first-order valence-electron chi connectivity index (χ1n) is 7.58. The van der Waals surface area contributed by atoms with Gasteiger partial charge in [-0.25, -0.2) is 4.68 Å². The lowest BCUT2D eigenvalue weighted by molar-refractivity contribution is 0.380. The molecule has 0 saturated heterocycles. The van der Waals surface area contributed by atoms with E-state index in [4.69, 9.17) is 4.52 Å². The van der Waals surface area contributed by atoms with Crippen LogP contribution in [0.5, 0.6) is 0 Å². The summed E-state index contributed by atoms with van der Waals surface area (Å²) in [5, 5.41) is 16.1. The quantitative estimate of drug-likeness (QED) is 0.687. The molecule has 7 nitrogen and oxygen atoms in total. The van der Waals surface area contributed by atoms with Crippen LogP contribution in [0, 0.1) is 0 Å². The van der Waals surface area contributed by atoms with Gasteiger partial charge in [-0.05, 0) is 30.2 Å². The maximum absolute atomic E-state index is 5.40. The number of tetrazole rings is 1. The van der Waals surface area contributed by atoms with Crippen molar-refractivity contribution in [2.24, 2.45) is 0 Å². The largest absolute Gasteiger partial charge is 0.338 e. The van der Waals surface area contributed by atoms with Crippen LogP contribution in [0.3, 0.4) is 0 Å². The smallest absolute Gasteiger partial charge is 0.239 e. The number of benzene rings is 1. The lowest BCUT2D eigenvalue weighted by Gasteiger charge is -2.06. The molecular weight excluding hydrogens is 312 g/mol. The van der Waals surface area contributed by atoms with Gasteiger partial charge in [0.1, 0.15) is 0 Å². The summed E-state index contributed by atoms with van der Waals surface area (Å²) in [6.07, 6.45) is 2.34. The van der Waals surface area contributed by atoms with E-state index >= 15 is 0 Å². The number of hydrogen-bond donors (Lipinski definition) is 0. The molecule has 0 radical (unpaired) electrons. The second-order valence-corrected chi connectivity index (χ2v) is 6.88. The van der Waals surface area contributed by atoms with Crippen molar-refractivity contribution in [1.82, 2.24) is 30.3 Å². The minimum Gasteiger partial charge on any atom is -0.338 e. The van der Waals surface area contributed by atoms with E-state index in [1.807, 2.05) is 35.0 Å². The van der Waals surface area contributed by atoms with Gasteiger partial charge in [-0.3, -0.25) is 0 Å². The van der Waals surface area contributed by atoms with E-state index < -0.39 is 0 Å². The van der Waals surface area contributed by atoms with E-state index in [2.05, 4.69) is 32.6 Å². The molecule has 1 aliphatic carbocycles. The van der Waals surface area contributed by atoms with Crippen LogP contribution >= 0.6 is 11.8 Å². The molecule has 118 valence electrons. The normalized spacial score (nSPS) is 15.7. The van der Waals surface area contributed by atoms with Crippen molar-refractivity contribution in [3.05, 3.63) is 42.0 Å². The molecule has 0 N–H and O–H groups in total. The maximum Gasteiger partial charge on any atom is 0.239 e. The zero-order valence-corrected chi connectivity index (χ0v) is 13.5. The number of hydrogen-bond acceptors (Lipinski definition) is 7. The highest BCUT2D eigenvalue weighted by atomic mass is 32.2. The second-order valence-electron chi connectivity index (χ2n) is 5.55. The van der Waals surface area contributed by atoms with Gasteiger partial charge in [0.25, 0.3) is 0 Å². The highest BCUT2D eigenvalue weighted by molar-refractivity contribution is 7.98. The maximum atomic E-state index is 5.40. The Bertz CT molecular complexity index is 782. The molecule has 0 spiro atoms. The van der Waals surface area contributed by atoms with Crippen molar-refractivity contribution in [1.29, 1.82) is 0 Å². The molecule has 0 amide bonds. The third-order valence-electron chi connectivity index (χ3n) is 3.74. The fourth-order valence-electron chi connectivity index (χ4n) is 2.29. The van der Waals surface area contributed by atoms with Crippen molar-refractivity contribution in [2.75, 3.05) is 0 Å². The van der Waals surface area contributed by atoms with Gasteiger partial charge < -0.3 is 4.52 Å². The summed E-state index contributed by atoms with van der Waals surface area (Å²) in [4.78, 5) is 4.49. The lowest BCUT2D eigenvalue weighted by Crippen LogP contribution is -2.03. The minimum atomic E-state index is 0.0873. The van der Waals surface area contributed by atoms with Gasteiger partial charge in [-0.2, -0.15) is 4.98 Å². The summed E-state index contributed by atoms with van der Waals surface area (Å²) < 4.78 is 7.33. The van der Waals surface area contributed by atoms with Crippen molar-refractivity contribution in [2.45, 2.75) is 36.8 Å². The lowest BCUT2D eigenvalue weighted by atomic mass is 10.2. The Morgan fingerprint density at radius 3 is 2.91 bits per heavy atom. The number of rotatable bonds is 6. The number of aromatic nitrogens is 6. The van der Waals surface area contributed by atoms with Gasteiger partial charge in [-0.15, -0.1) is 16.9 Å². The third kappa shape index (κ3) is 3.12. The molecule has 1 aromatic carbocycles. The molecule has 2 aromatic heterocycles.